The Kier molecular flexibility index (Phi) is 16.3. The third-order valence-corrected chi connectivity index (χ3v) is 5.57. The summed E-state index contributed by atoms with van der Waals surface area (Å²) in [6, 6.07) is 23.7. The van der Waals surface area contributed by atoms with Gasteiger partial charge in [0.25, 0.3) is 0 Å². The number of nitrogens with zero attached hydrogens (tertiary/aromatic N) is 2. The summed E-state index contributed by atoms with van der Waals surface area (Å²) < 4.78 is 4.94. The topological polar surface area (TPSA) is 36.2 Å². The number of rotatable bonds is 6. The standard InChI is InChI=1S/C26H28N2.C4H8O.C4H11Si.Y/c1-18(2)23-14-10-15-24(19(3)4)26(23)27-20(5)17-22-13-9-16-25(28-22)21-11-7-6-8-12-21;1-2-4-5-3-1;1-5(2,3)4;/h6-11,13-19H,1-5H3;1-4H2;1H2,2-4H3;/q-2;;-1;+3/b20-17-;;;. The third kappa shape index (κ3) is 14.0. The van der Waals surface area contributed by atoms with Crippen LogP contribution in [0.15, 0.2) is 66.4 Å². The fraction of sp³-hybridized carbons (Fsp3) is 0.412. The summed E-state index contributed by atoms with van der Waals surface area (Å²) in [7, 11) is -0.861. The molecular weight excluding hydrogens is 569 g/mol. The second-order valence-corrected chi connectivity index (χ2v) is 16.7. The molecule has 0 amide bonds. The van der Waals surface area contributed by atoms with Crippen LogP contribution >= 0.6 is 0 Å². The zero-order valence-electron chi connectivity index (χ0n) is 25.4. The molecule has 0 spiro atoms. The van der Waals surface area contributed by atoms with Crippen LogP contribution in [0.2, 0.25) is 19.6 Å². The molecular formula is C34H47N2OSiY. The van der Waals surface area contributed by atoms with Crippen LogP contribution in [0.3, 0.4) is 0 Å². The molecule has 0 atom stereocenters. The van der Waals surface area contributed by atoms with Gasteiger partial charge in [0.05, 0.1) is 5.69 Å². The fourth-order valence-corrected chi connectivity index (χ4v) is 3.81. The van der Waals surface area contributed by atoms with E-state index in [1.807, 2.05) is 55.5 Å². The Morgan fingerprint density at radius 2 is 1.49 bits per heavy atom. The zero-order valence-corrected chi connectivity index (χ0v) is 29.3. The Hall–Kier alpha value is -1.59. The van der Waals surface area contributed by atoms with Crippen LogP contribution in [0, 0.1) is 12.6 Å². The van der Waals surface area contributed by atoms with E-state index in [9.17, 15) is 0 Å². The first-order chi connectivity index (χ1) is 18.0. The Morgan fingerprint density at radius 3 is 1.95 bits per heavy atom. The number of hydrogen-bond donors (Lipinski definition) is 0. The molecule has 1 aromatic heterocycles. The van der Waals surface area contributed by atoms with Crippen molar-refractivity contribution in [2.75, 3.05) is 13.2 Å². The SMILES string of the molecule is C/C(=C/c1cccc(-c2[c-]cccc2)n1)[N-]c1c(C(C)C)cccc1C(C)C.C1CCOC1.[CH2-][Si](C)(C)C.[Y+3]. The van der Waals surface area contributed by atoms with E-state index in [2.05, 4.69) is 78.1 Å². The zero-order chi connectivity index (χ0) is 28.1. The monoisotopic (exact) mass is 616 g/mol. The maximum Gasteiger partial charge on any atom is 3.00 e. The van der Waals surface area contributed by atoms with E-state index >= 15 is 0 Å². The average Bonchev–Trinajstić information content (AvgIpc) is 3.44. The van der Waals surface area contributed by atoms with E-state index < -0.39 is 8.07 Å². The summed E-state index contributed by atoms with van der Waals surface area (Å²) in [6.45, 7) is 23.5. The minimum atomic E-state index is -0.861. The molecule has 1 aliphatic rings. The molecule has 0 saturated carbocycles. The number of ether oxygens (including phenoxy) is 1. The predicted octanol–water partition coefficient (Wildman–Crippen LogP) is 10.4. The van der Waals surface area contributed by atoms with Gasteiger partial charge in [-0.05, 0) is 36.4 Å². The van der Waals surface area contributed by atoms with E-state index in [1.54, 1.807) is 0 Å². The number of allylic oxidation sites excluding steroid dienone is 1. The van der Waals surface area contributed by atoms with Crippen molar-refractivity contribution in [1.82, 2.24) is 4.98 Å². The second kappa shape index (κ2) is 18.0. The molecule has 39 heavy (non-hydrogen) atoms. The molecule has 2 heterocycles. The number of para-hydroxylation sites is 1. The van der Waals surface area contributed by atoms with Crippen molar-refractivity contribution in [3.63, 3.8) is 0 Å². The van der Waals surface area contributed by atoms with Crippen molar-refractivity contribution in [2.45, 2.75) is 78.9 Å². The van der Waals surface area contributed by atoms with Gasteiger partial charge in [-0.25, -0.2) is 0 Å². The molecule has 3 nitrogen and oxygen atoms in total. The smallest absolute Gasteiger partial charge is 0.661 e. The van der Waals surface area contributed by atoms with E-state index in [0.29, 0.717) is 11.8 Å². The maximum atomic E-state index is 5.01. The third-order valence-electron chi connectivity index (χ3n) is 5.57. The van der Waals surface area contributed by atoms with Crippen molar-refractivity contribution >= 4 is 19.8 Å². The molecule has 0 unspecified atom stereocenters. The Labute approximate surface area is 265 Å². The van der Waals surface area contributed by atoms with E-state index in [0.717, 1.165) is 41.5 Å². The first kappa shape index (κ1) is 35.4. The predicted molar refractivity (Wildman–Crippen MR) is 169 cm³/mol. The van der Waals surface area contributed by atoms with Crippen molar-refractivity contribution in [3.8, 4) is 11.3 Å². The first-order valence-electron chi connectivity index (χ1n) is 13.9. The number of benzene rings is 2. The van der Waals surface area contributed by atoms with Gasteiger partial charge in [0.15, 0.2) is 0 Å². The van der Waals surface area contributed by atoms with Crippen molar-refractivity contribution < 1.29 is 37.4 Å². The molecule has 206 valence electrons. The van der Waals surface area contributed by atoms with Crippen LogP contribution in [0.5, 0.6) is 0 Å². The number of hydrogen-bond acceptors (Lipinski definition) is 2. The molecule has 2 aromatic carbocycles. The van der Waals surface area contributed by atoms with Gasteiger partial charge in [-0.15, -0.1) is 49.7 Å². The maximum absolute atomic E-state index is 5.01. The summed E-state index contributed by atoms with van der Waals surface area (Å²) >= 11 is 0. The quantitative estimate of drug-likeness (QED) is 0.204. The van der Waals surface area contributed by atoms with Gasteiger partial charge < -0.3 is 16.6 Å². The molecule has 4 rings (SSSR count). The first-order valence-corrected chi connectivity index (χ1v) is 17.6. The largest absolute Gasteiger partial charge is 3.00 e. The van der Waals surface area contributed by atoms with Gasteiger partial charge in [0.1, 0.15) is 0 Å². The average molecular weight is 617 g/mol. The van der Waals surface area contributed by atoms with E-state index in [4.69, 9.17) is 15.0 Å². The van der Waals surface area contributed by atoms with Crippen LogP contribution < -0.4 is 0 Å². The summed E-state index contributed by atoms with van der Waals surface area (Å²) in [4.78, 5) is 4.77. The normalized spacial score (nSPS) is 13.2. The van der Waals surface area contributed by atoms with Crippen LogP contribution in [0.4, 0.5) is 5.69 Å². The fourth-order valence-electron chi connectivity index (χ4n) is 3.81. The molecule has 3 aromatic rings. The van der Waals surface area contributed by atoms with Crippen LogP contribution in [-0.2, 0) is 37.4 Å². The Balaban J connectivity index is 0.000000583. The Bertz CT molecular complexity index is 1090. The van der Waals surface area contributed by atoms with Gasteiger partial charge in [-0.3, -0.25) is 4.98 Å². The molecule has 0 N–H and O–H groups in total. The van der Waals surface area contributed by atoms with E-state index in [-0.39, 0.29) is 32.7 Å². The van der Waals surface area contributed by atoms with Gasteiger partial charge in [0.2, 0.25) is 0 Å². The number of aromatic nitrogens is 1. The van der Waals surface area contributed by atoms with Crippen LogP contribution in [0.1, 0.15) is 76.1 Å². The van der Waals surface area contributed by atoms with Gasteiger partial charge in [-0.1, -0.05) is 102 Å². The summed E-state index contributed by atoms with van der Waals surface area (Å²) in [5, 5.41) is 5.01. The minimum absolute atomic E-state index is 0. The molecule has 5 heteroatoms. The summed E-state index contributed by atoms with van der Waals surface area (Å²) in [5.41, 5.74) is 7.47. The molecule has 1 saturated heterocycles. The molecule has 0 bridgehead atoms. The van der Waals surface area contributed by atoms with E-state index in [1.165, 1.54) is 24.0 Å². The summed E-state index contributed by atoms with van der Waals surface area (Å²) in [6.07, 6.45) is 4.60. The van der Waals surface area contributed by atoms with Gasteiger partial charge in [0, 0.05) is 13.2 Å². The van der Waals surface area contributed by atoms with Crippen molar-refractivity contribution in [3.05, 3.63) is 101 Å². The molecule has 1 fully saturated rings. The van der Waals surface area contributed by atoms with Crippen molar-refractivity contribution in [1.29, 1.82) is 0 Å². The number of pyridine rings is 1. The molecule has 1 aliphatic heterocycles. The second-order valence-electron chi connectivity index (χ2n) is 11.6. The van der Waals surface area contributed by atoms with Crippen LogP contribution in [-0.4, -0.2) is 26.3 Å². The Morgan fingerprint density at radius 1 is 0.923 bits per heavy atom. The van der Waals surface area contributed by atoms with Gasteiger partial charge in [-0.2, -0.15) is 5.70 Å². The molecule has 0 aliphatic carbocycles. The van der Waals surface area contributed by atoms with Crippen molar-refractivity contribution in [2.24, 2.45) is 0 Å². The van der Waals surface area contributed by atoms with Crippen LogP contribution in [0.25, 0.3) is 22.7 Å². The summed E-state index contributed by atoms with van der Waals surface area (Å²) in [5.74, 6) is 0.862. The molecule has 0 radical (unpaired) electrons. The van der Waals surface area contributed by atoms with Gasteiger partial charge >= 0.3 is 32.7 Å². The minimum Gasteiger partial charge on any atom is -0.661 e.